The normalized spacial score (nSPS) is 22.3. The van der Waals surface area contributed by atoms with Crippen LogP contribution in [0.2, 0.25) is 0 Å². The van der Waals surface area contributed by atoms with Gasteiger partial charge in [0.2, 0.25) is 0 Å². The molecule has 0 spiro atoms. The lowest BCUT2D eigenvalue weighted by Gasteiger charge is -2.31. The Morgan fingerprint density at radius 3 is 2.84 bits per heavy atom. The van der Waals surface area contributed by atoms with Crippen LogP contribution in [0.5, 0.6) is 0 Å². The highest BCUT2D eigenvalue weighted by Crippen LogP contribution is 2.17. The van der Waals surface area contributed by atoms with Crippen LogP contribution in [-0.2, 0) is 0 Å². The van der Waals surface area contributed by atoms with Crippen molar-refractivity contribution in [3.63, 3.8) is 0 Å². The molecule has 1 aromatic carbocycles. The quantitative estimate of drug-likeness (QED) is 0.670. The van der Waals surface area contributed by atoms with Crippen LogP contribution in [0.1, 0.15) is 38.2 Å². The second-order valence-corrected chi connectivity index (χ2v) is 5.70. The summed E-state index contributed by atoms with van der Waals surface area (Å²) in [6.45, 7) is 7.35. The molecule has 2 atom stereocenters. The summed E-state index contributed by atoms with van der Waals surface area (Å²) in [6, 6.07) is 10.5. The zero-order valence-corrected chi connectivity index (χ0v) is 12.0. The van der Waals surface area contributed by atoms with Gasteiger partial charge in [-0.25, -0.2) is 0 Å². The van der Waals surface area contributed by atoms with Crippen molar-refractivity contribution < 1.29 is 0 Å². The second-order valence-electron chi connectivity index (χ2n) is 5.70. The first-order valence-corrected chi connectivity index (χ1v) is 7.26. The number of piperidine rings is 1. The monoisotopic (exact) mass is 259 g/mol. The van der Waals surface area contributed by atoms with E-state index in [1.165, 1.54) is 18.4 Å². The maximum Gasteiger partial charge on any atom is 0.191 e. The smallest absolute Gasteiger partial charge is 0.191 e. The molecule has 1 aliphatic rings. The second kappa shape index (κ2) is 6.60. The highest BCUT2D eigenvalue weighted by atomic mass is 15.3. The Balaban J connectivity index is 1.90. The van der Waals surface area contributed by atoms with Gasteiger partial charge in [0.25, 0.3) is 0 Å². The zero-order valence-electron chi connectivity index (χ0n) is 12.0. The molecule has 1 heterocycles. The number of hydrogen-bond acceptors (Lipinski definition) is 1. The molecule has 1 aromatic rings. The van der Waals surface area contributed by atoms with Crippen molar-refractivity contribution in [3.05, 3.63) is 35.9 Å². The molecule has 2 rings (SSSR count). The molecule has 19 heavy (non-hydrogen) atoms. The van der Waals surface area contributed by atoms with Gasteiger partial charge in [-0.1, -0.05) is 44.2 Å². The van der Waals surface area contributed by atoms with Gasteiger partial charge in [0.15, 0.2) is 5.96 Å². The fraction of sp³-hybridized carbons (Fsp3) is 0.562. The maximum absolute atomic E-state index is 6.11. The van der Waals surface area contributed by atoms with Gasteiger partial charge in [0.05, 0.1) is 0 Å². The van der Waals surface area contributed by atoms with E-state index in [2.05, 4.69) is 48.0 Å². The van der Waals surface area contributed by atoms with Gasteiger partial charge >= 0.3 is 0 Å². The van der Waals surface area contributed by atoms with E-state index in [4.69, 9.17) is 5.73 Å². The van der Waals surface area contributed by atoms with Crippen molar-refractivity contribution in [2.75, 3.05) is 19.6 Å². The molecule has 3 heteroatoms. The number of nitrogens with zero attached hydrogens (tertiary/aromatic N) is 2. The number of rotatable bonds is 3. The first-order valence-electron chi connectivity index (χ1n) is 7.26. The number of hydrogen-bond donors (Lipinski definition) is 1. The van der Waals surface area contributed by atoms with Crippen LogP contribution in [0.25, 0.3) is 0 Å². The van der Waals surface area contributed by atoms with Gasteiger partial charge in [-0.3, -0.25) is 4.99 Å². The lowest BCUT2D eigenvalue weighted by Crippen LogP contribution is -2.43. The van der Waals surface area contributed by atoms with Gasteiger partial charge in [-0.15, -0.1) is 0 Å². The van der Waals surface area contributed by atoms with Crippen molar-refractivity contribution in [3.8, 4) is 0 Å². The highest BCUT2D eigenvalue weighted by Gasteiger charge is 2.17. The van der Waals surface area contributed by atoms with Crippen LogP contribution in [0.4, 0.5) is 0 Å². The van der Waals surface area contributed by atoms with E-state index in [0.717, 1.165) is 25.6 Å². The summed E-state index contributed by atoms with van der Waals surface area (Å²) in [6.07, 6.45) is 2.54. The number of guanidine groups is 1. The predicted molar refractivity (Wildman–Crippen MR) is 81.3 cm³/mol. The third-order valence-corrected chi connectivity index (χ3v) is 3.88. The van der Waals surface area contributed by atoms with E-state index in [1.54, 1.807) is 0 Å². The van der Waals surface area contributed by atoms with Crippen molar-refractivity contribution in [2.24, 2.45) is 16.6 Å². The Kier molecular flexibility index (Phi) is 4.83. The first-order chi connectivity index (χ1) is 9.16. The lowest BCUT2D eigenvalue weighted by molar-refractivity contribution is 0.270. The fourth-order valence-corrected chi connectivity index (χ4v) is 2.61. The van der Waals surface area contributed by atoms with E-state index < -0.39 is 0 Å². The van der Waals surface area contributed by atoms with Gasteiger partial charge in [0, 0.05) is 25.6 Å². The Bertz CT molecular complexity index is 413. The van der Waals surface area contributed by atoms with Gasteiger partial charge in [-0.05, 0) is 24.3 Å². The van der Waals surface area contributed by atoms with Crippen LogP contribution in [0.15, 0.2) is 35.3 Å². The largest absolute Gasteiger partial charge is 0.370 e. The molecule has 104 valence electrons. The van der Waals surface area contributed by atoms with Crippen LogP contribution >= 0.6 is 0 Å². The average Bonchev–Trinajstić information content (AvgIpc) is 2.45. The number of benzene rings is 1. The topological polar surface area (TPSA) is 41.6 Å². The van der Waals surface area contributed by atoms with Gasteiger partial charge in [-0.2, -0.15) is 0 Å². The zero-order chi connectivity index (χ0) is 13.7. The molecule has 1 saturated heterocycles. The molecule has 0 saturated carbocycles. The van der Waals surface area contributed by atoms with Crippen LogP contribution in [0, 0.1) is 5.92 Å². The molecule has 0 bridgehead atoms. The maximum atomic E-state index is 6.11. The van der Waals surface area contributed by atoms with Crippen LogP contribution in [-0.4, -0.2) is 30.5 Å². The Morgan fingerprint density at radius 1 is 1.42 bits per heavy atom. The van der Waals surface area contributed by atoms with Crippen LogP contribution in [0.3, 0.4) is 0 Å². The van der Waals surface area contributed by atoms with E-state index in [9.17, 15) is 0 Å². The summed E-state index contributed by atoms with van der Waals surface area (Å²) < 4.78 is 0. The summed E-state index contributed by atoms with van der Waals surface area (Å²) >= 11 is 0. The van der Waals surface area contributed by atoms with Crippen molar-refractivity contribution in [1.82, 2.24) is 4.90 Å². The summed E-state index contributed by atoms with van der Waals surface area (Å²) in [4.78, 5) is 6.81. The SMILES string of the molecule is CC1CCCN(C(N)=NCC(C)c2ccccc2)C1. The molecular weight excluding hydrogens is 234 g/mol. The standard InChI is InChI=1S/C16H25N3/c1-13-7-6-10-19(12-13)16(17)18-11-14(2)15-8-4-3-5-9-15/h3-5,8-9,13-14H,6-7,10-12H2,1-2H3,(H2,17,18). The molecular formula is C16H25N3. The van der Waals surface area contributed by atoms with Crippen molar-refractivity contribution >= 4 is 5.96 Å². The highest BCUT2D eigenvalue weighted by molar-refractivity contribution is 5.78. The average molecular weight is 259 g/mol. The molecule has 2 unspecified atom stereocenters. The van der Waals surface area contributed by atoms with E-state index >= 15 is 0 Å². The Labute approximate surface area is 116 Å². The number of aliphatic imine (C=N–C) groups is 1. The number of nitrogens with two attached hydrogens (primary N) is 1. The van der Waals surface area contributed by atoms with E-state index in [1.807, 2.05) is 6.07 Å². The van der Waals surface area contributed by atoms with Crippen molar-refractivity contribution in [1.29, 1.82) is 0 Å². The minimum atomic E-state index is 0.418. The summed E-state index contributed by atoms with van der Waals surface area (Å²) in [5.41, 5.74) is 7.44. The molecule has 0 aromatic heterocycles. The summed E-state index contributed by atoms with van der Waals surface area (Å²) in [7, 11) is 0. The summed E-state index contributed by atoms with van der Waals surface area (Å²) in [5, 5.41) is 0. The van der Waals surface area contributed by atoms with Crippen molar-refractivity contribution in [2.45, 2.75) is 32.6 Å². The molecule has 0 radical (unpaired) electrons. The van der Waals surface area contributed by atoms with Gasteiger partial charge < -0.3 is 10.6 Å². The van der Waals surface area contributed by atoms with E-state index in [0.29, 0.717) is 11.9 Å². The molecule has 1 fully saturated rings. The third kappa shape index (κ3) is 3.98. The molecule has 0 aliphatic carbocycles. The van der Waals surface area contributed by atoms with E-state index in [-0.39, 0.29) is 0 Å². The molecule has 1 aliphatic heterocycles. The Hall–Kier alpha value is -1.51. The molecule has 0 amide bonds. The third-order valence-electron chi connectivity index (χ3n) is 3.88. The van der Waals surface area contributed by atoms with Crippen LogP contribution < -0.4 is 5.73 Å². The minimum absolute atomic E-state index is 0.418. The molecule has 2 N–H and O–H groups in total. The summed E-state index contributed by atoms with van der Waals surface area (Å²) in [5.74, 6) is 1.87. The number of likely N-dealkylation sites (tertiary alicyclic amines) is 1. The van der Waals surface area contributed by atoms with Gasteiger partial charge in [0.1, 0.15) is 0 Å². The lowest BCUT2D eigenvalue weighted by atomic mass is 10.0. The predicted octanol–water partition coefficient (Wildman–Crippen LogP) is 2.84. The molecule has 3 nitrogen and oxygen atoms in total. The minimum Gasteiger partial charge on any atom is -0.370 e. The Morgan fingerprint density at radius 2 is 2.16 bits per heavy atom. The fourth-order valence-electron chi connectivity index (χ4n) is 2.61. The first kappa shape index (κ1) is 13.9.